The Balaban J connectivity index is 2.00. The Morgan fingerprint density at radius 1 is 1.38 bits per heavy atom. The quantitative estimate of drug-likeness (QED) is 0.818. The van der Waals surface area contributed by atoms with Crippen LogP contribution in [0.2, 0.25) is 5.02 Å². The van der Waals surface area contributed by atoms with Crippen LogP contribution in [0.1, 0.15) is 30.1 Å². The molecule has 0 saturated heterocycles. The Labute approximate surface area is 135 Å². The molecule has 1 N–H and O–H groups in total. The van der Waals surface area contributed by atoms with Gasteiger partial charge < -0.3 is 10.1 Å². The molecule has 0 saturated carbocycles. The number of aromatic nitrogens is 1. The van der Waals surface area contributed by atoms with E-state index < -0.39 is 0 Å². The molecule has 1 heterocycles. The van der Waals surface area contributed by atoms with Crippen molar-refractivity contribution in [3.8, 4) is 5.75 Å². The van der Waals surface area contributed by atoms with E-state index in [9.17, 15) is 0 Å². The van der Waals surface area contributed by atoms with Crippen LogP contribution in [0, 0.1) is 12.8 Å². The Kier molecular flexibility index (Phi) is 6.03. The lowest BCUT2D eigenvalue weighted by Gasteiger charge is -2.13. The minimum absolute atomic E-state index is 0.497. The summed E-state index contributed by atoms with van der Waals surface area (Å²) in [5, 5.41) is 7.17. The zero-order valence-electron chi connectivity index (χ0n) is 12.6. The molecule has 1 aromatic carbocycles. The Morgan fingerprint density at radius 2 is 2.19 bits per heavy atom. The van der Waals surface area contributed by atoms with E-state index in [0.717, 1.165) is 40.1 Å². The van der Waals surface area contributed by atoms with Gasteiger partial charge in [0.25, 0.3) is 0 Å². The van der Waals surface area contributed by atoms with Crippen molar-refractivity contribution >= 4 is 22.9 Å². The molecular formula is C16H21ClN2OS. The molecule has 0 aliphatic rings. The van der Waals surface area contributed by atoms with E-state index in [2.05, 4.69) is 24.1 Å². The van der Waals surface area contributed by atoms with E-state index in [1.54, 1.807) is 11.3 Å². The molecular weight excluding hydrogens is 304 g/mol. The van der Waals surface area contributed by atoms with E-state index in [1.165, 1.54) is 0 Å². The van der Waals surface area contributed by atoms with Crippen LogP contribution in [0.25, 0.3) is 0 Å². The van der Waals surface area contributed by atoms with Crippen molar-refractivity contribution in [1.29, 1.82) is 0 Å². The summed E-state index contributed by atoms with van der Waals surface area (Å²) in [5.41, 5.74) is 2.12. The monoisotopic (exact) mass is 324 g/mol. The standard InChI is InChI=1S/C16H21ClN2OS/c1-11(2)7-18-8-13-6-14(17)4-5-15(13)20-9-16-19-12(3)10-21-16/h4-6,10-11,18H,7-9H2,1-3H3. The van der Waals surface area contributed by atoms with Gasteiger partial charge >= 0.3 is 0 Å². The minimum atomic E-state index is 0.497. The Hall–Kier alpha value is -1.10. The predicted octanol–water partition coefficient (Wildman–Crippen LogP) is 4.43. The second kappa shape index (κ2) is 7.78. The van der Waals surface area contributed by atoms with Crippen LogP contribution in [-0.4, -0.2) is 11.5 Å². The fourth-order valence-corrected chi connectivity index (χ4v) is 2.81. The van der Waals surface area contributed by atoms with E-state index in [4.69, 9.17) is 16.3 Å². The summed E-state index contributed by atoms with van der Waals surface area (Å²) in [7, 11) is 0. The zero-order valence-corrected chi connectivity index (χ0v) is 14.2. The minimum Gasteiger partial charge on any atom is -0.486 e. The van der Waals surface area contributed by atoms with Gasteiger partial charge in [0.2, 0.25) is 0 Å². The number of rotatable bonds is 7. The fraction of sp³-hybridized carbons (Fsp3) is 0.438. The van der Waals surface area contributed by atoms with Crippen LogP contribution in [0.15, 0.2) is 23.6 Å². The van der Waals surface area contributed by atoms with Gasteiger partial charge in [-0.05, 0) is 37.6 Å². The molecule has 5 heteroatoms. The average molecular weight is 325 g/mol. The third-order valence-electron chi connectivity index (χ3n) is 2.91. The van der Waals surface area contributed by atoms with Gasteiger partial charge in [0, 0.05) is 28.2 Å². The molecule has 0 radical (unpaired) electrons. The molecule has 3 nitrogen and oxygen atoms in total. The van der Waals surface area contributed by atoms with Gasteiger partial charge in [0.05, 0.1) is 0 Å². The van der Waals surface area contributed by atoms with Gasteiger partial charge in [-0.1, -0.05) is 25.4 Å². The van der Waals surface area contributed by atoms with E-state index in [1.807, 2.05) is 30.5 Å². The maximum atomic E-state index is 6.09. The largest absolute Gasteiger partial charge is 0.486 e. The first-order valence-corrected chi connectivity index (χ1v) is 8.33. The first-order chi connectivity index (χ1) is 10.0. The first-order valence-electron chi connectivity index (χ1n) is 7.07. The molecule has 0 fully saturated rings. The molecule has 1 aromatic heterocycles. The summed E-state index contributed by atoms with van der Waals surface area (Å²) >= 11 is 7.71. The van der Waals surface area contributed by atoms with Gasteiger partial charge in [-0.3, -0.25) is 0 Å². The van der Waals surface area contributed by atoms with Crippen molar-refractivity contribution in [2.45, 2.75) is 33.9 Å². The number of benzene rings is 1. The maximum Gasteiger partial charge on any atom is 0.140 e. The summed E-state index contributed by atoms with van der Waals surface area (Å²) < 4.78 is 5.90. The van der Waals surface area contributed by atoms with Crippen LogP contribution in [0.5, 0.6) is 5.75 Å². The summed E-state index contributed by atoms with van der Waals surface area (Å²) in [6.45, 7) is 8.59. The van der Waals surface area contributed by atoms with Crippen molar-refractivity contribution in [2.75, 3.05) is 6.54 Å². The predicted molar refractivity (Wildman–Crippen MR) is 89.2 cm³/mol. The highest BCUT2D eigenvalue weighted by Gasteiger charge is 2.07. The van der Waals surface area contributed by atoms with Crippen LogP contribution in [0.4, 0.5) is 0 Å². The van der Waals surface area contributed by atoms with Crippen molar-refractivity contribution in [3.05, 3.63) is 44.9 Å². The molecule has 2 rings (SSSR count). The van der Waals surface area contributed by atoms with Crippen LogP contribution < -0.4 is 10.1 Å². The van der Waals surface area contributed by atoms with Crippen LogP contribution in [-0.2, 0) is 13.2 Å². The lowest BCUT2D eigenvalue weighted by molar-refractivity contribution is 0.301. The summed E-state index contributed by atoms with van der Waals surface area (Å²) in [5.74, 6) is 1.48. The number of thiazole rings is 1. The Bertz CT molecular complexity index is 583. The molecule has 0 spiro atoms. The molecule has 0 aliphatic heterocycles. The third kappa shape index (κ3) is 5.30. The number of nitrogens with zero attached hydrogens (tertiary/aromatic N) is 1. The van der Waals surface area contributed by atoms with Gasteiger partial charge in [0.1, 0.15) is 17.4 Å². The second-order valence-electron chi connectivity index (χ2n) is 5.45. The highest BCUT2D eigenvalue weighted by atomic mass is 35.5. The highest BCUT2D eigenvalue weighted by molar-refractivity contribution is 7.09. The normalized spacial score (nSPS) is 11.1. The number of aryl methyl sites for hydroxylation is 1. The molecule has 21 heavy (non-hydrogen) atoms. The number of ether oxygens (including phenoxy) is 1. The Morgan fingerprint density at radius 3 is 2.86 bits per heavy atom. The van der Waals surface area contributed by atoms with Crippen molar-refractivity contribution in [1.82, 2.24) is 10.3 Å². The zero-order chi connectivity index (χ0) is 15.2. The van der Waals surface area contributed by atoms with E-state index in [-0.39, 0.29) is 0 Å². The van der Waals surface area contributed by atoms with Crippen LogP contribution in [0.3, 0.4) is 0 Å². The van der Waals surface area contributed by atoms with Gasteiger partial charge in [-0.25, -0.2) is 4.98 Å². The van der Waals surface area contributed by atoms with Crippen molar-refractivity contribution < 1.29 is 4.74 Å². The molecule has 0 aliphatic carbocycles. The number of hydrogen-bond donors (Lipinski definition) is 1. The SMILES string of the molecule is Cc1csc(COc2ccc(Cl)cc2CNCC(C)C)n1. The third-order valence-corrected chi connectivity index (χ3v) is 4.08. The van der Waals surface area contributed by atoms with Gasteiger partial charge in [-0.15, -0.1) is 11.3 Å². The summed E-state index contributed by atoms with van der Waals surface area (Å²) in [6.07, 6.45) is 0. The smallest absolute Gasteiger partial charge is 0.140 e. The first kappa shape index (κ1) is 16.3. The molecule has 0 atom stereocenters. The maximum absolute atomic E-state index is 6.09. The molecule has 0 unspecified atom stereocenters. The second-order valence-corrected chi connectivity index (χ2v) is 6.83. The lowest BCUT2D eigenvalue weighted by atomic mass is 10.2. The van der Waals surface area contributed by atoms with Gasteiger partial charge in [-0.2, -0.15) is 0 Å². The number of hydrogen-bond acceptors (Lipinski definition) is 4. The molecule has 2 aromatic rings. The van der Waals surface area contributed by atoms with E-state index in [0.29, 0.717) is 12.5 Å². The summed E-state index contributed by atoms with van der Waals surface area (Å²) in [6, 6.07) is 5.74. The van der Waals surface area contributed by atoms with E-state index >= 15 is 0 Å². The number of nitrogens with one attached hydrogen (secondary N) is 1. The lowest BCUT2D eigenvalue weighted by Crippen LogP contribution is -2.19. The van der Waals surface area contributed by atoms with Crippen molar-refractivity contribution in [3.63, 3.8) is 0 Å². The topological polar surface area (TPSA) is 34.1 Å². The number of halogens is 1. The summed E-state index contributed by atoms with van der Waals surface area (Å²) in [4.78, 5) is 4.41. The van der Waals surface area contributed by atoms with Crippen LogP contribution >= 0.6 is 22.9 Å². The molecule has 0 amide bonds. The molecule has 0 bridgehead atoms. The van der Waals surface area contributed by atoms with Gasteiger partial charge in [0.15, 0.2) is 0 Å². The fourth-order valence-electron chi connectivity index (χ4n) is 1.93. The average Bonchev–Trinajstić information content (AvgIpc) is 2.83. The van der Waals surface area contributed by atoms with Crippen molar-refractivity contribution in [2.24, 2.45) is 5.92 Å². The molecule has 114 valence electrons. The highest BCUT2D eigenvalue weighted by Crippen LogP contribution is 2.24.